The zero-order valence-electron chi connectivity index (χ0n) is 16.2. The third-order valence-electron chi connectivity index (χ3n) is 5.44. The van der Waals surface area contributed by atoms with Crippen molar-refractivity contribution in [1.29, 1.82) is 0 Å². The number of benzene rings is 1. The quantitative estimate of drug-likeness (QED) is 0.866. The van der Waals surface area contributed by atoms with Crippen molar-refractivity contribution in [3.8, 4) is 0 Å². The van der Waals surface area contributed by atoms with E-state index in [1.807, 2.05) is 30.9 Å². The molecule has 1 N–H and O–H groups in total. The molecule has 2 heterocycles. The van der Waals surface area contributed by atoms with E-state index in [1.54, 1.807) is 12.4 Å². The fourth-order valence-corrected chi connectivity index (χ4v) is 3.79. The lowest BCUT2D eigenvalue weighted by Crippen LogP contribution is -2.55. The molecule has 1 saturated carbocycles. The summed E-state index contributed by atoms with van der Waals surface area (Å²) < 4.78 is 5.74. The average molecular weight is 379 g/mol. The number of nitrogens with zero attached hydrogens (tertiary/aromatic N) is 2. The van der Waals surface area contributed by atoms with Crippen LogP contribution in [0.3, 0.4) is 0 Å². The summed E-state index contributed by atoms with van der Waals surface area (Å²) in [6.07, 6.45) is 4.60. The van der Waals surface area contributed by atoms with E-state index < -0.39 is 12.1 Å². The van der Waals surface area contributed by atoms with Gasteiger partial charge in [0.05, 0.1) is 6.04 Å². The Balaban J connectivity index is 1.56. The molecule has 1 aromatic carbocycles. The molecular weight excluding hydrogens is 354 g/mol. The van der Waals surface area contributed by atoms with Gasteiger partial charge in [0.1, 0.15) is 6.61 Å². The Kier molecular flexibility index (Phi) is 5.13. The Hall–Kier alpha value is -2.73. The van der Waals surface area contributed by atoms with Gasteiger partial charge >= 0.3 is 0 Å². The number of carbonyl (C=O) groups is 2. The summed E-state index contributed by atoms with van der Waals surface area (Å²) in [5.41, 5.74) is 4.20. The molecule has 28 heavy (non-hydrogen) atoms. The maximum atomic E-state index is 13.1. The summed E-state index contributed by atoms with van der Waals surface area (Å²) >= 11 is 0. The number of ether oxygens (including phenoxy) is 1. The van der Waals surface area contributed by atoms with Crippen molar-refractivity contribution in [2.45, 2.75) is 51.4 Å². The summed E-state index contributed by atoms with van der Waals surface area (Å²) in [4.78, 5) is 31.6. The molecule has 2 aromatic rings. The molecule has 6 heteroatoms. The van der Waals surface area contributed by atoms with E-state index in [-0.39, 0.29) is 24.5 Å². The molecule has 0 spiro atoms. The molecule has 2 aliphatic rings. The van der Waals surface area contributed by atoms with E-state index >= 15 is 0 Å². The van der Waals surface area contributed by atoms with E-state index in [2.05, 4.69) is 28.5 Å². The Bertz CT molecular complexity index is 880. The van der Waals surface area contributed by atoms with Crippen LogP contribution in [0.2, 0.25) is 0 Å². The first-order chi connectivity index (χ1) is 13.5. The summed E-state index contributed by atoms with van der Waals surface area (Å²) in [6, 6.07) is 9.67. The van der Waals surface area contributed by atoms with Crippen molar-refractivity contribution in [3.05, 3.63) is 65.0 Å². The highest BCUT2D eigenvalue weighted by atomic mass is 16.5. The van der Waals surface area contributed by atoms with Crippen LogP contribution in [-0.2, 0) is 20.9 Å². The summed E-state index contributed by atoms with van der Waals surface area (Å²) in [5.74, 6) is -0.261. The number of morpholine rings is 1. The average Bonchev–Trinajstić information content (AvgIpc) is 3.54. The fraction of sp³-hybridized carbons (Fsp3) is 0.409. The van der Waals surface area contributed by atoms with Gasteiger partial charge in [-0.05, 0) is 49.4 Å². The smallest absolute Gasteiger partial charge is 0.251 e. The van der Waals surface area contributed by atoms with Gasteiger partial charge in [0.15, 0.2) is 6.10 Å². The third-order valence-corrected chi connectivity index (χ3v) is 5.44. The summed E-state index contributed by atoms with van der Waals surface area (Å²) in [6.45, 7) is 4.44. The molecule has 2 fully saturated rings. The second-order valence-corrected chi connectivity index (χ2v) is 7.64. The van der Waals surface area contributed by atoms with Crippen molar-refractivity contribution >= 4 is 11.8 Å². The van der Waals surface area contributed by atoms with Crippen molar-refractivity contribution in [3.63, 3.8) is 0 Å². The first kappa shape index (κ1) is 18.6. The largest absolute Gasteiger partial charge is 0.356 e. The molecule has 1 aliphatic carbocycles. The second kappa shape index (κ2) is 7.72. The lowest BCUT2D eigenvalue weighted by molar-refractivity contribution is -0.165. The van der Waals surface area contributed by atoms with E-state index in [0.717, 1.165) is 35.1 Å². The van der Waals surface area contributed by atoms with E-state index in [4.69, 9.17) is 4.74 Å². The van der Waals surface area contributed by atoms with E-state index in [9.17, 15) is 9.59 Å². The lowest BCUT2D eigenvalue weighted by Gasteiger charge is -2.40. The fourth-order valence-electron chi connectivity index (χ4n) is 3.79. The van der Waals surface area contributed by atoms with Crippen LogP contribution in [0.5, 0.6) is 0 Å². The van der Waals surface area contributed by atoms with Gasteiger partial charge in [-0.25, -0.2) is 0 Å². The number of hydrogen-bond donors (Lipinski definition) is 1. The van der Waals surface area contributed by atoms with Gasteiger partial charge in [0.2, 0.25) is 5.91 Å². The van der Waals surface area contributed by atoms with Gasteiger partial charge in [0.25, 0.3) is 5.91 Å². The van der Waals surface area contributed by atoms with Crippen molar-refractivity contribution in [1.82, 2.24) is 15.2 Å². The van der Waals surface area contributed by atoms with E-state index in [1.165, 1.54) is 0 Å². The zero-order valence-corrected chi connectivity index (χ0v) is 16.2. The molecular formula is C22H25N3O3. The molecule has 4 rings (SSSR count). The van der Waals surface area contributed by atoms with Crippen LogP contribution < -0.4 is 5.32 Å². The Morgan fingerprint density at radius 3 is 2.82 bits per heavy atom. The number of rotatable bonds is 5. The lowest BCUT2D eigenvalue weighted by atomic mass is 9.98. The van der Waals surface area contributed by atoms with Crippen molar-refractivity contribution < 1.29 is 14.3 Å². The number of nitrogens with one attached hydrogen (secondary N) is 1. The first-order valence-corrected chi connectivity index (χ1v) is 9.71. The predicted octanol–water partition coefficient (Wildman–Crippen LogP) is 2.45. The number of carbonyl (C=O) groups excluding carboxylic acids is 2. The van der Waals surface area contributed by atoms with Crippen molar-refractivity contribution in [2.24, 2.45) is 0 Å². The SMILES string of the molecule is Cc1ccc(C)c(CNC(=O)[C@H]2OCC(=O)N(C3CC3)[C@@H]2c2cccnc2)c1. The summed E-state index contributed by atoms with van der Waals surface area (Å²) in [7, 11) is 0. The highest BCUT2D eigenvalue weighted by molar-refractivity contribution is 5.86. The normalized spacial score (nSPS) is 22.2. The van der Waals surface area contributed by atoms with Crippen LogP contribution in [0.15, 0.2) is 42.7 Å². The topological polar surface area (TPSA) is 71.5 Å². The van der Waals surface area contributed by atoms with Gasteiger partial charge in [-0.3, -0.25) is 14.6 Å². The Labute approximate surface area is 164 Å². The Morgan fingerprint density at radius 1 is 1.29 bits per heavy atom. The van der Waals surface area contributed by atoms with Gasteiger partial charge in [-0.1, -0.05) is 29.8 Å². The first-order valence-electron chi connectivity index (χ1n) is 9.71. The molecule has 2 amide bonds. The molecule has 6 nitrogen and oxygen atoms in total. The highest BCUT2D eigenvalue weighted by Gasteiger charge is 2.47. The van der Waals surface area contributed by atoms with Crippen LogP contribution in [0.4, 0.5) is 0 Å². The highest BCUT2D eigenvalue weighted by Crippen LogP contribution is 2.39. The number of pyridine rings is 1. The maximum Gasteiger partial charge on any atom is 0.251 e. The third kappa shape index (κ3) is 3.78. The second-order valence-electron chi connectivity index (χ2n) is 7.64. The minimum atomic E-state index is -0.743. The molecule has 0 radical (unpaired) electrons. The molecule has 2 atom stereocenters. The van der Waals surface area contributed by atoms with Gasteiger partial charge < -0.3 is 15.0 Å². The van der Waals surface area contributed by atoms with Crippen LogP contribution in [0, 0.1) is 13.8 Å². The van der Waals surface area contributed by atoms with E-state index in [0.29, 0.717) is 6.54 Å². The summed E-state index contributed by atoms with van der Waals surface area (Å²) in [5, 5.41) is 3.01. The van der Waals surface area contributed by atoms with Crippen LogP contribution >= 0.6 is 0 Å². The minimum absolute atomic E-state index is 0.0602. The van der Waals surface area contributed by atoms with Gasteiger partial charge in [0, 0.05) is 25.0 Å². The van der Waals surface area contributed by atoms with Crippen molar-refractivity contribution in [2.75, 3.05) is 6.61 Å². The monoisotopic (exact) mass is 379 g/mol. The number of aryl methyl sites for hydroxylation is 2. The Morgan fingerprint density at radius 2 is 2.11 bits per heavy atom. The number of aromatic nitrogens is 1. The van der Waals surface area contributed by atoms with Gasteiger partial charge in [-0.2, -0.15) is 0 Å². The molecule has 1 aromatic heterocycles. The zero-order chi connectivity index (χ0) is 19.7. The molecule has 146 valence electrons. The number of amides is 2. The van der Waals surface area contributed by atoms with Crippen LogP contribution in [0.1, 0.15) is 41.1 Å². The maximum absolute atomic E-state index is 13.1. The minimum Gasteiger partial charge on any atom is -0.356 e. The molecule has 1 aliphatic heterocycles. The molecule has 0 unspecified atom stereocenters. The predicted molar refractivity (Wildman–Crippen MR) is 104 cm³/mol. The molecule has 0 bridgehead atoms. The number of hydrogen-bond acceptors (Lipinski definition) is 4. The van der Waals surface area contributed by atoms with Crippen LogP contribution in [0.25, 0.3) is 0 Å². The standard InChI is InChI=1S/C22H25N3O3/c1-14-5-6-15(2)17(10-14)12-24-22(27)21-20(16-4-3-9-23-11-16)25(18-7-8-18)19(26)13-28-21/h3-6,9-11,18,20-21H,7-8,12-13H2,1-2H3,(H,24,27)/t20-,21+/m1/s1. The van der Waals surface area contributed by atoms with Crippen LogP contribution in [-0.4, -0.2) is 40.5 Å². The van der Waals surface area contributed by atoms with Gasteiger partial charge in [-0.15, -0.1) is 0 Å². The molecule has 1 saturated heterocycles.